The Morgan fingerprint density at radius 3 is 2.62 bits per heavy atom. The van der Waals surface area contributed by atoms with Crippen LogP contribution in [0, 0.1) is 13.8 Å². The summed E-state index contributed by atoms with van der Waals surface area (Å²) < 4.78 is 10.7. The second-order valence-electron chi connectivity index (χ2n) is 5.46. The molecule has 0 spiro atoms. The van der Waals surface area contributed by atoms with Crippen LogP contribution in [0.1, 0.15) is 29.2 Å². The Hall–Kier alpha value is -1.65. The Kier molecular flexibility index (Phi) is 6.58. The lowest BCUT2D eigenvalue weighted by molar-refractivity contribution is 0.200. The van der Waals surface area contributed by atoms with Crippen LogP contribution in [-0.2, 0) is 17.8 Å². The molecule has 24 heavy (non-hydrogen) atoms. The van der Waals surface area contributed by atoms with Crippen LogP contribution in [0.4, 0.5) is 4.79 Å². The molecule has 0 heterocycles. The van der Waals surface area contributed by atoms with Crippen LogP contribution in [0.2, 0.25) is 5.02 Å². The predicted octanol–water partition coefficient (Wildman–Crippen LogP) is 5.96. The van der Waals surface area contributed by atoms with Gasteiger partial charge in [0.05, 0.1) is 7.11 Å². The fourth-order valence-corrected chi connectivity index (χ4v) is 3.43. The molecule has 0 N–H and O–H groups in total. The number of methoxy groups -OCH3 is 1. The number of ether oxygens (including phenoxy) is 2. The van der Waals surface area contributed by atoms with Gasteiger partial charge in [0.2, 0.25) is 0 Å². The average Bonchev–Trinajstić information content (AvgIpc) is 2.56. The van der Waals surface area contributed by atoms with Crippen LogP contribution >= 0.6 is 23.4 Å². The van der Waals surface area contributed by atoms with E-state index in [4.69, 9.17) is 21.1 Å². The first-order valence-corrected chi connectivity index (χ1v) is 8.91. The molecule has 0 saturated carbocycles. The number of halogens is 1. The molecule has 0 aliphatic carbocycles. The number of hydrogen-bond acceptors (Lipinski definition) is 4. The summed E-state index contributed by atoms with van der Waals surface area (Å²) in [6, 6.07) is 9.65. The standard InChI is InChI=1S/C19H21ClO3S/c1-5-14-9-13(3)17(10-12(14)2)23-11-15-16(20)7-6-8-18(15)24-19(21)22-4/h6-10H,5,11H2,1-4H3. The Bertz CT molecular complexity index is 744. The summed E-state index contributed by atoms with van der Waals surface area (Å²) in [7, 11) is 1.36. The molecule has 0 atom stereocenters. The van der Waals surface area contributed by atoms with E-state index in [1.807, 2.05) is 19.1 Å². The maximum Gasteiger partial charge on any atom is 0.371 e. The Morgan fingerprint density at radius 2 is 1.96 bits per heavy atom. The van der Waals surface area contributed by atoms with E-state index in [2.05, 4.69) is 26.0 Å². The van der Waals surface area contributed by atoms with Gasteiger partial charge in [0.1, 0.15) is 12.4 Å². The third-order valence-corrected chi connectivity index (χ3v) is 5.11. The highest BCUT2D eigenvalue weighted by Crippen LogP contribution is 2.31. The minimum Gasteiger partial charge on any atom is -0.489 e. The summed E-state index contributed by atoms with van der Waals surface area (Å²) in [5.41, 5.74) is 4.40. The van der Waals surface area contributed by atoms with Crippen molar-refractivity contribution in [1.29, 1.82) is 0 Å². The number of hydrogen-bond donors (Lipinski definition) is 0. The van der Waals surface area contributed by atoms with E-state index in [1.54, 1.807) is 6.07 Å². The van der Waals surface area contributed by atoms with Crippen LogP contribution in [0.25, 0.3) is 0 Å². The molecule has 2 rings (SSSR count). The molecule has 2 aromatic carbocycles. The Morgan fingerprint density at radius 1 is 1.21 bits per heavy atom. The summed E-state index contributed by atoms with van der Waals surface area (Å²) in [4.78, 5) is 12.3. The smallest absolute Gasteiger partial charge is 0.371 e. The van der Waals surface area contributed by atoms with Crippen LogP contribution in [0.5, 0.6) is 5.75 Å². The molecule has 0 radical (unpaired) electrons. The van der Waals surface area contributed by atoms with Gasteiger partial charge in [0, 0.05) is 15.5 Å². The van der Waals surface area contributed by atoms with E-state index < -0.39 is 0 Å². The lowest BCUT2D eigenvalue weighted by atomic mass is 10.0. The molecule has 3 nitrogen and oxygen atoms in total. The summed E-state index contributed by atoms with van der Waals surface area (Å²) in [5, 5.41) is 0.196. The fraction of sp³-hybridized carbons (Fsp3) is 0.316. The minimum absolute atomic E-state index is 0.296. The first-order valence-electron chi connectivity index (χ1n) is 7.72. The van der Waals surface area contributed by atoms with E-state index in [9.17, 15) is 4.79 Å². The molecule has 0 aliphatic heterocycles. The maximum absolute atomic E-state index is 11.5. The van der Waals surface area contributed by atoms with Gasteiger partial charge in [-0.1, -0.05) is 30.7 Å². The zero-order chi connectivity index (χ0) is 17.7. The summed E-state index contributed by atoms with van der Waals surface area (Å²) >= 11 is 7.30. The third kappa shape index (κ3) is 4.46. The fourth-order valence-electron chi connectivity index (χ4n) is 2.44. The normalized spacial score (nSPS) is 10.5. The monoisotopic (exact) mass is 364 g/mol. The van der Waals surface area contributed by atoms with Crippen molar-refractivity contribution in [2.45, 2.75) is 38.7 Å². The van der Waals surface area contributed by atoms with Gasteiger partial charge >= 0.3 is 5.30 Å². The quantitative estimate of drug-likeness (QED) is 0.484. The first kappa shape index (κ1) is 18.7. The van der Waals surface area contributed by atoms with Crippen molar-refractivity contribution in [3.05, 3.63) is 57.6 Å². The number of carbonyl (C=O) groups is 1. The van der Waals surface area contributed by atoms with Gasteiger partial charge in [-0.05, 0) is 66.9 Å². The molecule has 0 amide bonds. The van der Waals surface area contributed by atoms with E-state index in [-0.39, 0.29) is 5.30 Å². The van der Waals surface area contributed by atoms with Crippen LogP contribution in [-0.4, -0.2) is 12.4 Å². The van der Waals surface area contributed by atoms with Gasteiger partial charge in [-0.2, -0.15) is 0 Å². The molecule has 0 fully saturated rings. The van der Waals surface area contributed by atoms with Crippen molar-refractivity contribution >= 4 is 28.7 Å². The molecule has 2 aromatic rings. The van der Waals surface area contributed by atoms with Crippen molar-refractivity contribution in [3.63, 3.8) is 0 Å². The summed E-state index contributed by atoms with van der Waals surface area (Å²) in [5.74, 6) is 0.832. The molecule has 128 valence electrons. The number of carbonyl (C=O) groups excluding carboxylic acids is 1. The number of thioether (sulfide) groups is 1. The first-order chi connectivity index (χ1) is 11.5. The van der Waals surface area contributed by atoms with Crippen LogP contribution < -0.4 is 4.74 Å². The van der Waals surface area contributed by atoms with Gasteiger partial charge in [-0.3, -0.25) is 0 Å². The highest BCUT2D eigenvalue weighted by molar-refractivity contribution is 8.13. The number of benzene rings is 2. The third-order valence-electron chi connectivity index (χ3n) is 3.82. The molecular weight excluding hydrogens is 344 g/mol. The molecule has 5 heteroatoms. The van der Waals surface area contributed by atoms with Crippen molar-refractivity contribution in [2.24, 2.45) is 0 Å². The molecule has 0 aliphatic rings. The number of aryl methyl sites for hydroxylation is 3. The van der Waals surface area contributed by atoms with Gasteiger partial charge < -0.3 is 9.47 Å². The SMILES string of the molecule is CCc1cc(C)c(OCc2c(Cl)cccc2SC(=O)OC)cc1C. The zero-order valence-corrected chi connectivity index (χ0v) is 15.9. The summed E-state index contributed by atoms with van der Waals surface area (Å²) in [6.45, 7) is 6.55. The molecule has 0 unspecified atom stereocenters. The average molecular weight is 365 g/mol. The zero-order valence-electron chi connectivity index (χ0n) is 14.3. The molecule has 0 bridgehead atoms. The highest BCUT2D eigenvalue weighted by Gasteiger charge is 2.14. The lowest BCUT2D eigenvalue weighted by Crippen LogP contribution is -2.02. The van der Waals surface area contributed by atoms with Crippen molar-refractivity contribution in [2.75, 3.05) is 7.11 Å². The topological polar surface area (TPSA) is 35.5 Å². The number of rotatable bonds is 5. The van der Waals surface area contributed by atoms with Crippen molar-refractivity contribution in [3.8, 4) is 5.75 Å². The predicted molar refractivity (Wildman–Crippen MR) is 99.3 cm³/mol. The minimum atomic E-state index is -0.377. The Balaban J connectivity index is 2.23. The van der Waals surface area contributed by atoms with Gasteiger partial charge in [-0.25, -0.2) is 4.79 Å². The van der Waals surface area contributed by atoms with Gasteiger partial charge in [0.15, 0.2) is 0 Å². The highest BCUT2D eigenvalue weighted by atomic mass is 35.5. The lowest BCUT2D eigenvalue weighted by Gasteiger charge is -2.15. The van der Waals surface area contributed by atoms with Gasteiger partial charge in [0.25, 0.3) is 0 Å². The summed E-state index contributed by atoms with van der Waals surface area (Å²) in [6.07, 6.45) is 0.997. The molecule has 0 saturated heterocycles. The van der Waals surface area contributed by atoms with E-state index in [1.165, 1.54) is 18.2 Å². The van der Waals surface area contributed by atoms with E-state index in [0.717, 1.165) is 40.0 Å². The van der Waals surface area contributed by atoms with Crippen LogP contribution in [0.15, 0.2) is 35.2 Å². The second kappa shape index (κ2) is 8.45. The molecular formula is C19H21ClO3S. The maximum atomic E-state index is 11.5. The van der Waals surface area contributed by atoms with E-state index in [0.29, 0.717) is 11.6 Å². The van der Waals surface area contributed by atoms with Crippen molar-refractivity contribution in [1.82, 2.24) is 0 Å². The second-order valence-corrected chi connectivity index (χ2v) is 6.84. The molecule has 0 aromatic heterocycles. The van der Waals surface area contributed by atoms with Gasteiger partial charge in [-0.15, -0.1) is 0 Å². The largest absolute Gasteiger partial charge is 0.489 e. The van der Waals surface area contributed by atoms with Crippen LogP contribution in [0.3, 0.4) is 0 Å². The van der Waals surface area contributed by atoms with Crippen molar-refractivity contribution < 1.29 is 14.3 Å². The Labute approximate surface area is 152 Å². The van der Waals surface area contributed by atoms with E-state index >= 15 is 0 Å².